The van der Waals surface area contributed by atoms with Gasteiger partial charge in [0.05, 0.1) is 0 Å². The predicted molar refractivity (Wildman–Crippen MR) is 108 cm³/mol. The highest BCUT2D eigenvalue weighted by Crippen LogP contribution is 2.28. The van der Waals surface area contributed by atoms with E-state index >= 15 is 0 Å². The maximum absolute atomic E-state index is 11.3. The van der Waals surface area contributed by atoms with E-state index < -0.39 is 0 Å². The van der Waals surface area contributed by atoms with Crippen molar-refractivity contribution in [3.8, 4) is 11.1 Å². The molecule has 5 heteroatoms. The molecular formula is C21H28N4O. The minimum absolute atomic E-state index is 0.0621. The average Bonchev–Trinajstić information content (AvgIpc) is 2.61. The Labute approximate surface area is 156 Å². The lowest BCUT2D eigenvalue weighted by atomic mass is 10.0. The van der Waals surface area contributed by atoms with Crippen molar-refractivity contribution in [1.29, 1.82) is 0 Å². The molecule has 0 spiro atoms. The van der Waals surface area contributed by atoms with Gasteiger partial charge < -0.3 is 10.2 Å². The summed E-state index contributed by atoms with van der Waals surface area (Å²) in [5.41, 5.74) is 4.17. The number of carbonyl (C=O) groups excluding carboxylic acids is 1. The molecular weight excluding hydrogens is 324 g/mol. The molecule has 1 aliphatic heterocycles. The Hall–Kier alpha value is -2.40. The summed E-state index contributed by atoms with van der Waals surface area (Å²) in [6, 6.07) is 10.7. The monoisotopic (exact) mass is 352 g/mol. The molecule has 2 aromatic rings. The number of hydrogen-bond acceptors (Lipinski definition) is 4. The summed E-state index contributed by atoms with van der Waals surface area (Å²) in [4.78, 5) is 20.9. The van der Waals surface area contributed by atoms with Gasteiger partial charge in [0.25, 0.3) is 0 Å². The van der Waals surface area contributed by atoms with E-state index in [2.05, 4.69) is 48.0 Å². The second kappa shape index (κ2) is 7.87. The average molecular weight is 352 g/mol. The normalized spacial score (nSPS) is 15.3. The number of anilines is 2. The van der Waals surface area contributed by atoms with Crippen molar-refractivity contribution >= 4 is 17.4 Å². The molecule has 0 saturated carbocycles. The molecule has 1 amide bonds. The van der Waals surface area contributed by atoms with Crippen LogP contribution in [0.15, 0.2) is 36.5 Å². The zero-order valence-electron chi connectivity index (χ0n) is 16.1. The van der Waals surface area contributed by atoms with Crippen molar-refractivity contribution in [3.63, 3.8) is 0 Å². The molecule has 5 nitrogen and oxygen atoms in total. The zero-order chi connectivity index (χ0) is 18.7. The van der Waals surface area contributed by atoms with E-state index in [0.717, 1.165) is 48.8 Å². The SMILES string of the molecule is CC(=O)Nc1cccc(-c2cnc(N3CCN(C(C)C)CC3)cc2C)c1. The van der Waals surface area contributed by atoms with Gasteiger partial charge >= 0.3 is 0 Å². The number of benzene rings is 1. The number of piperazine rings is 1. The molecule has 1 N–H and O–H groups in total. The van der Waals surface area contributed by atoms with Crippen LogP contribution < -0.4 is 10.2 Å². The first-order chi connectivity index (χ1) is 12.4. The van der Waals surface area contributed by atoms with Gasteiger partial charge in [-0.15, -0.1) is 0 Å². The van der Waals surface area contributed by atoms with Crippen molar-refractivity contribution in [2.24, 2.45) is 0 Å². The summed E-state index contributed by atoms with van der Waals surface area (Å²) < 4.78 is 0. The van der Waals surface area contributed by atoms with Crippen LogP contribution in [0, 0.1) is 6.92 Å². The molecule has 26 heavy (non-hydrogen) atoms. The van der Waals surface area contributed by atoms with Crippen LogP contribution in [0.1, 0.15) is 26.3 Å². The van der Waals surface area contributed by atoms with E-state index in [1.54, 1.807) is 0 Å². The maximum Gasteiger partial charge on any atom is 0.221 e. The Morgan fingerprint density at radius 3 is 2.50 bits per heavy atom. The van der Waals surface area contributed by atoms with Gasteiger partial charge in [0.2, 0.25) is 5.91 Å². The molecule has 1 aromatic heterocycles. The number of pyridine rings is 1. The molecule has 0 bridgehead atoms. The molecule has 0 aliphatic carbocycles. The van der Waals surface area contributed by atoms with Gasteiger partial charge in [-0.05, 0) is 50.1 Å². The lowest BCUT2D eigenvalue weighted by Crippen LogP contribution is -2.49. The number of amides is 1. The summed E-state index contributed by atoms with van der Waals surface area (Å²) in [5, 5.41) is 2.84. The third-order valence-electron chi connectivity index (χ3n) is 4.96. The van der Waals surface area contributed by atoms with Gasteiger partial charge in [-0.3, -0.25) is 9.69 Å². The number of rotatable bonds is 4. The maximum atomic E-state index is 11.3. The molecule has 0 atom stereocenters. The van der Waals surface area contributed by atoms with Crippen molar-refractivity contribution in [3.05, 3.63) is 42.1 Å². The molecule has 1 fully saturated rings. The van der Waals surface area contributed by atoms with Crippen LogP contribution in [0.25, 0.3) is 11.1 Å². The summed E-state index contributed by atoms with van der Waals surface area (Å²) in [5.74, 6) is 0.987. The van der Waals surface area contributed by atoms with Crippen molar-refractivity contribution in [1.82, 2.24) is 9.88 Å². The Morgan fingerprint density at radius 2 is 1.88 bits per heavy atom. The van der Waals surface area contributed by atoms with E-state index in [9.17, 15) is 4.79 Å². The Kier molecular flexibility index (Phi) is 5.57. The Morgan fingerprint density at radius 1 is 1.15 bits per heavy atom. The topological polar surface area (TPSA) is 48.5 Å². The highest BCUT2D eigenvalue weighted by molar-refractivity contribution is 5.89. The summed E-state index contributed by atoms with van der Waals surface area (Å²) in [6.45, 7) is 12.3. The van der Waals surface area contributed by atoms with Gasteiger partial charge in [-0.1, -0.05) is 12.1 Å². The first-order valence-corrected chi connectivity index (χ1v) is 9.27. The lowest BCUT2D eigenvalue weighted by molar-refractivity contribution is -0.114. The van der Waals surface area contributed by atoms with Gasteiger partial charge in [-0.25, -0.2) is 4.98 Å². The van der Waals surface area contributed by atoms with Crippen molar-refractivity contribution < 1.29 is 4.79 Å². The van der Waals surface area contributed by atoms with Crippen LogP contribution in [-0.2, 0) is 4.79 Å². The first kappa shape index (κ1) is 18.4. The number of aromatic nitrogens is 1. The second-order valence-corrected chi connectivity index (χ2v) is 7.24. The molecule has 3 rings (SSSR count). The third-order valence-corrected chi connectivity index (χ3v) is 4.96. The van der Waals surface area contributed by atoms with Gasteiger partial charge in [-0.2, -0.15) is 0 Å². The van der Waals surface area contributed by atoms with Crippen molar-refractivity contribution in [2.45, 2.75) is 33.7 Å². The van der Waals surface area contributed by atoms with E-state index in [1.165, 1.54) is 12.5 Å². The predicted octanol–water partition coefficient (Wildman–Crippen LogP) is 3.55. The summed E-state index contributed by atoms with van der Waals surface area (Å²) >= 11 is 0. The number of aryl methyl sites for hydroxylation is 1. The lowest BCUT2D eigenvalue weighted by Gasteiger charge is -2.37. The summed E-state index contributed by atoms with van der Waals surface area (Å²) in [6.07, 6.45) is 1.95. The number of nitrogens with zero attached hydrogens (tertiary/aromatic N) is 3. The minimum Gasteiger partial charge on any atom is -0.354 e. The Balaban J connectivity index is 1.77. The molecule has 1 aliphatic rings. The highest BCUT2D eigenvalue weighted by Gasteiger charge is 2.20. The van der Waals surface area contributed by atoms with Crippen LogP contribution in [0.4, 0.5) is 11.5 Å². The highest BCUT2D eigenvalue weighted by atomic mass is 16.1. The number of carbonyl (C=O) groups is 1. The van der Waals surface area contributed by atoms with Crippen LogP contribution in [-0.4, -0.2) is 48.0 Å². The smallest absolute Gasteiger partial charge is 0.221 e. The van der Waals surface area contributed by atoms with E-state index in [-0.39, 0.29) is 5.91 Å². The van der Waals surface area contributed by atoms with Gasteiger partial charge in [0.15, 0.2) is 0 Å². The minimum atomic E-state index is -0.0621. The zero-order valence-corrected chi connectivity index (χ0v) is 16.1. The molecule has 0 radical (unpaired) electrons. The third kappa shape index (κ3) is 4.22. The second-order valence-electron chi connectivity index (χ2n) is 7.24. The van der Waals surface area contributed by atoms with E-state index in [1.807, 2.05) is 24.4 Å². The van der Waals surface area contributed by atoms with E-state index in [0.29, 0.717) is 6.04 Å². The van der Waals surface area contributed by atoms with Gasteiger partial charge in [0.1, 0.15) is 5.82 Å². The molecule has 138 valence electrons. The van der Waals surface area contributed by atoms with Crippen LogP contribution in [0.5, 0.6) is 0 Å². The fourth-order valence-electron chi connectivity index (χ4n) is 3.45. The van der Waals surface area contributed by atoms with Crippen LogP contribution >= 0.6 is 0 Å². The fourth-order valence-corrected chi connectivity index (χ4v) is 3.45. The number of hydrogen-bond donors (Lipinski definition) is 1. The molecule has 0 unspecified atom stereocenters. The molecule has 1 saturated heterocycles. The summed E-state index contributed by atoms with van der Waals surface area (Å²) in [7, 11) is 0. The number of nitrogens with one attached hydrogen (secondary N) is 1. The quantitative estimate of drug-likeness (QED) is 0.914. The fraction of sp³-hybridized carbons (Fsp3) is 0.429. The van der Waals surface area contributed by atoms with Crippen molar-refractivity contribution in [2.75, 3.05) is 36.4 Å². The standard InChI is InChI=1S/C21H28N4O/c1-15(2)24-8-10-25(11-9-24)21-12-16(3)20(14-22-21)18-6-5-7-19(13-18)23-17(4)26/h5-7,12-15H,8-11H2,1-4H3,(H,23,26). The first-order valence-electron chi connectivity index (χ1n) is 9.27. The Bertz CT molecular complexity index is 779. The van der Waals surface area contributed by atoms with Crippen LogP contribution in [0.3, 0.4) is 0 Å². The largest absolute Gasteiger partial charge is 0.354 e. The van der Waals surface area contributed by atoms with Gasteiger partial charge in [0, 0.05) is 56.6 Å². The molecule has 1 aromatic carbocycles. The van der Waals surface area contributed by atoms with E-state index in [4.69, 9.17) is 4.98 Å². The molecule has 2 heterocycles. The van der Waals surface area contributed by atoms with Crippen LogP contribution in [0.2, 0.25) is 0 Å².